The van der Waals surface area contributed by atoms with Crippen molar-refractivity contribution in [3.8, 4) is 0 Å². The van der Waals surface area contributed by atoms with Crippen molar-refractivity contribution in [1.82, 2.24) is 5.32 Å². The summed E-state index contributed by atoms with van der Waals surface area (Å²) in [6.45, 7) is 4.47. The largest absolute Gasteiger partial charge is 0.480 e. The van der Waals surface area contributed by atoms with Gasteiger partial charge >= 0.3 is 18.0 Å². The number of rotatable bonds is 12. The molecule has 0 saturated carbocycles. The maximum Gasteiger partial charge on any atom is 0.408 e. The highest BCUT2D eigenvalue weighted by Crippen LogP contribution is 2.33. The number of carbonyl (C=O) groups is 2. The number of carboxylic acids is 1. The molecule has 0 saturated heterocycles. The zero-order valence-corrected chi connectivity index (χ0v) is 18.0. The molecular weight excluding hydrogens is 416 g/mol. The van der Waals surface area contributed by atoms with E-state index in [1.54, 1.807) is 56.4 Å². The van der Waals surface area contributed by atoms with Crippen LogP contribution in [0, 0.1) is 5.41 Å². The number of methoxy groups -OCH3 is 1. The van der Waals surface area contributed by atoms with Crippen LogP contribution in [0.2, 0.25) is 0 Å². The van der Waals surface area contributed by atoms with E-state index in [1.165, 1.54) is 7.11 Å². The summed E-state index contributed by atoms with van der Waals surface area (Å²) >= 11 is 0. The SMILES string of the molecule is COCCOCO/C(=C\C(C)(C)C)C(F)(F)C(NC(=O)OCc1ccccc1)C(=O)O. The second-order valence-corrected chi connectivity index (χ2v) is 7.64. The van der Waals surface area contributed by atoms with E-state index in [4.69, 9.17) is 18.9 Å². The number of ether oxygens (including phenoxy) is 4. The molecule has 0 aliphatic carbocycles. The number of alkyl carbamates (subject to hydrolysis) is 1. The molecule has 0 fully saturated rings. The van der Waals surface area contributed by atoms with Crippen LogP contribution in [-0.4, -0.2) is 56.2 Å². The minimum atomic E-state index is -4.09. The first-order valence-corrected chi connectivity index (χ1v) is 9.48. The summed E-state index contributed by atoms with van der Waals surface area (Å²) in [5, 5.41) is 11.1. The number of amides is 1. The fraction of sp³-hybridized carbons (Fsp3) is 0.524. The second-order valence-electron chi connectivity index (χ2n) is 7.64. The summed E-state index contributed by atoms with van der Waals surface area (Å²) in [5.74, 6) is -6.98. The molecule has 8 nitrogen and oxygen atoms in total. The maximum atomic E-state index is 15.1. The molecule has 0 radical (unpaired) electrons. The predicted molar refractivity (Wildman–Crippen MR) is 107 cm³/mol. The Balaban J connectivity index is 2.93. The Labute approximate surface area is 180 Å². The fourth-order valence-corrected chi connectivity index (χ4v) is 2.27. The first-order valence-electron chi connectivity index (χ1n) is 9.48. The number of allylic oxidation sites excluding steroid dienone is 1. The van der Waals surface area contributed by atoms with E-state index in [9.17, 15) is 14.7 Å². The highest BCUT2D eigenvalue weighted by molar-refractivity contribution is 5.81. The Morgan fingerprint density at radius 3 is 2.32 bits per heavy atom. The van der Waals surface area contributed by atoms with Crippen LogP contribution in [0.1, 0.15) is 26.3 Å². The van der Waals surface area contributed by atoms with Gasteiger partial charge in [-0.3, -0.25) is 0 Å². The van der Waals surface area contributed by atoms with Crippen LogP contribution in [0.5, 0.6) is 0 Å². The number of halogens is 2. The summed E-state index contributed by atoms with van der Waals surface area (Å²) in [6.07, 6.45) is -0.220. The third kappa shape index (κ3) is 9.75. The van der Waals surface area contributed by atoms with Crippen LogP contribution in [0.25, 0.3) is 0 Å². The quantitative estimate of drug-likeness (QED) is 0.288. The molecule has 0 heterocycles. The maximum absolute atomic E-state index is 15.1. The highest BCUT2D eigenvalue weighted by Gasteiger charge is 2.51. The lowest BCUT2D eigenvalue weighted by Gasteiger charge is -2.28. The minimum Gasteiger partial charge on any atom is -0.480 e. The van der Waals surface area contributed by atoms with Crippen LogP contribution in [0.4, 0.5) is 13.6 Å². The third-order valence-electron chi connectivity index (χ3n) is 3.71. The van der Waals surface area contributed by atoms with Gasteiger partial charge in [-0.25, -0.2) is 9.59 Å². The molecule has 0 bridgehead atoms. The van der Waals surface area contributed by atoms with E-state index in [1.807, 2.05) is 0 Å². The number of alkyl halides is 2. The second kappa shape index (κ2) is 12.2. The Bertz CT molecular complexity index is 733. The molecule has 1 aromatic carbocycles. The van der Waals surface area contributed by atoms with Crippen LogP contribution < -0.4 is 5.32 Å². The zero-order chi connectivity index (χ0) is 23.5. The molecule has 2 N–H and O–H groups in total. The van der Waals surface area contributed by atoms with Crippen LogP contribution in [-0.2, 0) is 30.3 Å². The summed E-state index contributed by atoms with van der Waals surface area (Å²) in [5.41, 5.74) is -0.163. The summed E-state index contributed by atoms with van der Waals surface area (Å²) in [4.78, 5) is 23.5. The van der Waals surface area contributed by atoms with Crippen molar-refractivity contribution < 1.29 is 42.4 Å². The van der Waals surface area contributed by atoms with Gasteiger partial charge in [0.05, 0.1) is 13.2 Å². The van der Waals surface area contributed by atoms with E-state index in [-0.39, 0.29) is 19.8 Å². The van der Waals surface area contributed by atoms with Gasteiger partial charge in [-0.15, -0.1) is 0 Å². The van der Waals surface area contributed by atoms with Gasteiger partial charge in [0.15, 0.2) is 12.6 Å². The molecule has 31 heavy (non-hydrogen) atoms. The molecule has 1 rings (SSSR count). The molecule has 0 spiro atoms. The van der Waals surface area contributed by atoms with Crippen molar-refractivity contribution in [2.75, 3.05) is 27.1 Å². The van der Waals surface area contributed by atoms with Gasteiger partial charge in [0.2, 0.25) is 6.04 Å². The van der Waals surface area contributed by atoms with E-state index >= 15 is 8.78 Å². The molecule has 0 aliphatic rings. The average Bonchev–Trinajstić information content (AvgIpc) is 2.69. The topological polar surface area (TPSA) is 103 Å². The number of carboxylic acid groups (broad SMARTS) is 1. The number of hydrogen-bond donors (Lipinski definition) is 2. The van der Waals surface area contributed by atoms with Crippen molar-refractivity contribution in [2.45, 2.75) is 39.3 Å². The van der Waals surface area contributed by atoms with Gasteiger partial charge in [-0.05, 0) is 17.1 Å². The normalized spacial score (nSPS) is 13.4. The number of nitrogens with one attached hydrogen (secondary N) is 1. The smallest absolute Gasteiger partial charge is 0.408 e. The van der Waals surface area contributed by atoms with Gasteiger partial charge in [0, 0.05) is 7.11 Å². The van der Waals surface area contributed by atoms with Crippen molar-refractivity contribution in [2.24, 2.45) is 5.41 Å². The molecule has 0 aromatic heterocycles. The minimum absolute atomic E-state index is 0.0945. The lowest BCUT2D eigenvalue weighted by Crippen LogP contribution is -2.54. The Hall–Kier alpha value is -2.72. The van der Waals surface area contributed by atoms with Crippen LogP contribution in [0.15, 0.2) is 42.2 Å². The molecule has 1 aromatic rings. The number of hydrogen-bond acceptors (Lipinski definition) is 6. The van der Waals surface area contributed by atoms with Crippen molar-refractivity contribution in [1.29, 1.82) is 0 Å². The van der Waals surface area contributed by atoms with Crippen molar-refractivity contribution >= 4 is 12.1 Å². The summed E-state index contributed by atoms with van der Waals surface area (Å²) in [7, 11) is 1.45. The number of aliphatic carboxylic acids is 1. The first kappa shape index (κ1) is 26.3. The molecule has 1 atom stereocenters. The van der Waals surface area contributed by atoms with Crippen LogP contribution >= 0.6 is 0 Å². The van der Waals surface area contributed by atoms with Gasteiger partial charge in [-0.1, -0.05) is 51.1 Å². The lowest BCUT2D eigenvalue weighted by atomic mass is 9.93. The standard InChI is InChI=1S/C21H29F2NO7/c1-20(2,3)12-16(31-14-29-11-10-28-4)21(22,23)17(18(25)26)24-19(27)30-13-15-8-6-5-7-9-15/h5-9,12,17H,10-11,13-14H2,1-4H3,(H,24,27)(H,25,26)/b16-12-. The Morgan fingerprint density at radius 1 is 1.13 bits per heavy atom. The summed E-state index contributed by atoms with van der Waals surface area (Å²) < 4.78 is 50.0. The van der Waals surface area contributed by atoms with E-state index in [0.29, 0.717) is 5.56 Å². The molecule has 0 aliphatic heterocycles. The van der Waals surface area contributed by atoms with Gasteiger partial charge < -0.3 is 29.4 Å². The molecular formula is C21H29F2NO7. The van der Waals surface area contributed by atoms with Crippen LogP contribution in [0.3, 0.4) is 0 Å². The van der Waals surface area contributed by atoms with Crippen molar-refractivity contribution in [3.63, 3.8) is 0 Å². The zero-order valence-electron chi connectivity index (χ0n) is 18.0. The highest BCUT2D eigenvalue weighted by atomic mass is 19.3. The Morgan fingerprint density at radius 2 is 1.77 bits per heavy atom. The first-order chi connectivity index (χ1) is 14.5. The van der Waals surface area contributed by atoms with Gasteiger partial charge in [0.1, 0.15) is 6.61 Å². The fourth-order valence-electron chi connectivity index (χ4n) is 2.27. The molecule has 10 heteroatoms. The van der Waals surface area contributed by atoms with E-state index in [2.05, 4.69) is 0 Å². The monoisotopic (exact) mass is 445 g/mol. The van der Waals surface area contributed by atoms with E-state index in [0.717, 1.165) is 6.08 Å². The molecule has 1 amide bonds. The van der Waals surface area contributed by atoms with Crippen molar-refractivity contribution in [3.05, 3.63) is 47.7 Å². The average molecular weight is 445 g/mol. The third-order valence-corrected chi connectivity index (χ3v) is 3.71. The number of carbonyl (C=O) groups excluding carboxylic acids is 1. The molecule has 1 unspecified atom stereocenters. The van der Waals surface area contributed by atoms with E-state index < -0.39 is 42.0 Å². The van der Waals surface area contributed by atoms with Gasteiger partial charge in [-0.2, -0.15) is 8.78 Å². The Kier molecular flexibility index (Phi) is 10.4. The lowest BCUT2D eigenvalue weighted by molar-refractivity contribution is -0.154. The predicted octanol–water partition coefficient (Wildman–Crippen LogP) is 3.57. The summed E-state index contributed by atoms with van der Waals surface area (Å²) in [6, 6.07) is 5.88. The van der Waals surface area contributed by atoms with Gasteiger partial charge in [0.25, 0.3) is 0 Å². The molecule has 174 valence electrons. The number of benzene rings is 1.